The number of para-hydroxylation sites is 1. The summed E-state index contributed by atoms with van der Waals surface area (Å²) < 4.78 is 2.27. The molecular formula is C26H24N4S. The molecule has 2 unspecified atom stereocenters. The number of anilines is 1. The number of nitrogens with one attached hydrogen (secondary N) is 1. The van der Waals surface area contributed by atoms with Crippen LogP contribution in [0.25, 0.3) is 5.69 Å². The second-order valence-corrected chi connectivity index (χ2v) is 8.31. The van der Waals surface area contributed by atoms with E-state index in [9.17, 15) is 0 Å². The molecule has 1 N–H and O–H groups in total. The van der Waals surface area contributed by atoms with Gasteiger partial charge < -0.3 is 14.8 Å². The Morgan fingerprint density at radius 2 is 1.74 bits per heavy atom. The van der Waals surface area contributed by atoms with E-state index in [1.54, 1.807) is 0 Å². The second kappa shape index (κ2) is 8.00. The largest absolute Gasteiger partial charge is 0.351 e. The zero-order valence-corrected chi connectivity index (χ0v) is 18.4. The van der Waals surface area contributed by atoms with E-state index in [0.717, 1.165) is 11.4 Å². The molecule has 2 aromatic carbocycles. The van der Waals surface area contributed by atoms with Crippen molar-refractivity contribution in [1.82, 2.24) is 14.9 Å². The number of benzene rings is 2. The molecule has 5 rings (SSSR count). The van der Waals surface area contributed by atoms with Gasteiger partial charge >= 0.3 is 0 Å². The molecule has 0 radical (unpaired) electrons. The SMILES string of the molecule is Cc1cccc(N2C(=S)NC(c3ccccn3)C2c2cccn2-c2ccccc2C)c1. The Hall–Kier alpha value is -3.44. The van der Waals surface area contributed by atoms with E-state index < -0.39 is 0 Å². The third kappa shape index (κ3) is 3.51. The van der Waals surface area contributed by atoms with E-state index in [4.69, 9.17) is 12.2 Å². The Morgan fingerprint density at radius 3 is 2.52 bits per heavy atom. The fourth-order valence-corrected chi connectivity index (χ4v) is 4.75. The van der Waals surface area contributed by atoms with Gasteiger partial charge in [-0.15, -0.1) is 0 Å². The fourth-order valence-electron chi connectivity index (χ4n) is 4.40. The minimum absolute atomic E-state index is 0.0428. The van der Waals surface area contributed by atoms with Crippen molar-refractivity contribution < 1.29 is 0 Å². The quantitative estimate of drug-likeness (QED) is 0.428. The fraction of sp³-hybridized carbons (Fsp3) is 0.154. The molecule has 3 heterocycles. The van der Waals surface area contributed by atoms with Gasteiger partial charge in [-0.3, -0.25) is 4.98 Å². The smallest absolute Gasteiger partial charge is 0.174 e. The molecule has 0 bridgehead atoms. The van der Waals surface area contributed by atoms with Crippen LogP contribution < -0.4 is 10.2 Å². The molecule has 1 saturated heterocycles. The molecule has 5 heteroatoms. The average molecular weight is 425 g/mol. The lowest BCUT2D eigenvalue weighted by Gasteiger charge is -2.29. The number of hydrogen-bond acceptors (Lipinski definition) is 2. The van der Waals surface area contributed by atoms with Crippen LogP contribution in [-0.2, 0) is 0 Å². The van der Waals surface area contributed by atoms with Crippen molar-refractivity contribution in [2.24, 2.45) is 0 Å². The van der Waals surface area contributed by atoms with Gasteiger partial charge in [0.2, 0.25) is 0 Å². The van der Waals surface area contributed by atoms with Crippen LogP contribution in [0.2, 0.25) is 0 Å². The lowest BCUT2D eigenvalue weighted by Crippen LogP contribution is -2.30. The van der Waals surface area contributed by atoms with Crippen molar-refractivity contribution in [2.45, 2.75) is 25.9 Å². The summed E-state index contributed by atoms with van der Waals surface area (Å²) in [6, 6.07) is 27.2. The van der Waals surface area contributed by atoms with Crippen LogP contribution in [0.15, 0.2) is 91.3 Å². The molecule has 1 fully saturated rings. The van der Waals surface area contributed by atoms with Gasteiger partial charge in [-0.1, -0.05) is 36.4 Å². The highest BCUT2D eigenvalue weighted by Gasteiger charge is 2.42. The zero-order chi connectivity index (χ0) is 21.4. The van der Waals surface area contributed by atoms with E-state index in [2.05, 4.69) is 107 Å². The molecule has 4 aromatic rings. The van der Waals surface area contributed by atoms with Gasteiger partial charge in [0.1, 0.15) is 6.04 Å². The van der Waals surface area contributed by atoms with Crippen LogP contribution in [0.5, 0.6) is 0 Å². The number of pyridine rings is 1. The summed E-state index contributed by atoms with van der Waals surface area (Å²) in [6.45, 7) is 4.25. The van der Waals surface area contributed by atoms with E-state index in [0.29, 0.717) is 5.11 Å². The van der Waals surface area contributed by atoms with Crippen LogP contribution >= 0.6 is 12.2 Å². The van der Waals surface area contributed by atoms with E-state index in [1.165, 1.54) is 22.5 Å². The number of aryl methyl sites for hydroxylation is 2. The van der Waals surface area contributed by atoms with Crippen LogP contribution in [0, 0.1) is 13.8 Å². The standard InChI is InChI=1S/C26H24N4S/c1-18-9-7-11-20(17-18)30-25(24(28-26(30)31)21-12-5-6-15-27-21)23-14-8-16-29(23)22-13-4-3-10-19(22)2/h3-17,24-25H,1-2H3,(H,28,31). The molecule has 0 saturated carbocycles. The van der Waals surface area contributed by atoms with Crippen LogP contribution in [-0.4, -0.2) is 14.7 Å². The highest BCUT2D eigenvalue weighted by molar-refractivity contribution is 7.80. The van der Waals surface area contributed by atoms with Crippen molar-refractivity contribution in [3.8, 4) is 5.69 Å². The maximum Gasteiger partial charge on any atom is 0.174 e. The molecule has 2 aromatic heterocycles. The summed E-state index contributed by atoms with van der Waals surface area (Å²) in [5.41, 5.74) is 6.82. The lowest BCUT2D eigenvalue weighted by atomic mass is 10.00. The number of aromatic nitrogens is 2. The normalized spacial score (nSPS) is 18.3. The minimum Gasteiger partial charge on any atom is -0.351 e. The van der Waals surface area contributed by atoms with Gasteiger partial charge in [0.05, 0.1) is 11.7 Å². The Labute approximate surface area is 188 Å². The molecule has 0 aliphatic carbocycles. The summed E-state index contributed by atoms with van der Waals surface area (Å²) in [4.78, 5) is 6.89. The zero-order valence-electron chi connectivity index (χ0n) is 17.6. The molecular weight excluding hydrogens is 400 g/mol. The highest BCUT2D eigenvalue weighted by atomic mass is 32.1. The lowest BCUT2D eigenvalue weighted by molar-refractivity contribution is 0.549. The topological polar surface area (TPSA) is 33.1 Å². The number of nitrogens with zero attached hydrogens (tertiary/aromatic N) is 3. The van der Waals surface area contributed by atoms with Crippen LogP contribution in [0.4, 0.5) is 5.69 Å². The number of rotatable bonds is 4. The van der Waals surface area contributed by atoms with Crippen molar-refractivity contribution in [1.29, 1.82) is 0 Å². The predicted octanol–water partition coefficient (Wildman–Crippen LogP) is 5.67. The monoisotopic (exact) mass is 424 g/mol. The molecule has 154 valence electrons. The summed E-state index contributed by atoms with van der Waals surface area (Å²) in [7, 11) is 0. The van der Waals surface area contributed by atoms with Gasteiger partial charge in [-0.25, -0.2) is 0 Å². The van der Waals surface area contributed by atoms with Gasteiger partial charge in [-0.05, 0) is 79.7 Å². The highest BCUT2D eigenvalue weighted by Crippen LogP contribution is 2.42. The summed E-state index contributed by atoms with van der Waals surface area (Å²) in [5.74, 6) is 0. The molecule has 0 amide bonds. The van der Waals surface area contributed by atoms with E-state index >= 15 is 0 Å². The van der Waals surface area contributed by atoms with E-state index in [1.807, 2.05) is 18.3 Å². The van der Waals surface area contributed by atoms with Gasteiger partial charge in [0, 0.05) is 29.5 Å². The van der Waals surface area contributed by atoms with Crippen molar-refractivity contribution >= 4 is 23.0 Å². The summed E-state index contributed by atoms with van der Waals surface area (Å²) >= 11 is 5.86. The van der Waals surface area contributed by atoms with Crippen LogP contribution in [0.3, 0.4) is 0 Å². The molecule has 2 atom stereocenters. The first-order chi connectivity index (χ1) is 15.1. The van der Waals surface area contributed by atoms with Gasteiger partial charge in [-0.2, -0.15) is 0 Å². The first-order valence-corrected chi connectivity index (χ1v) is 10.8. The minimum atomic E-state index is -0.0631. The van der Waals surface area contributed by atoms with Crippen molar-refractivity contribution in [3.63, 3.8) is 0 Å². The molecule has 31 heavy (non-hydrogen) atoms. The van der Waals surface area contributed by atoms with Crippen molar-refractivity contribution in [2.75, 3.05) is 4.90 Å². The number of hydrogen-bond donors (Lipinski definition) is 1. The Kier molecular flexibility index (Phi) is 5.04. The summed E-state index contributed by atoms with van der Waals surface area (Å²) in [6.07, 6.45) is 3.97. The molecule has 1 aliphatic heterocycles. The van der Waals surface area contributed by atoms with E-state index in [-0.39, 0.29) is 12.1 Å². The molecule has 0 spiro atoms. The first kappa shape index (κ1) is 19.5. The Morgan fingerprint density at radius 1 is 0.903 bits per heavy atom. The molecule has 4 nitrogen and oxygen atoms in total. The van der Waals surface area contributed by atoms with Crippen LogP contribution in [0.1, 0.15) is 34.6 Å². The maximum atomic E-state index is 5.86. The first-order valence-electron chi connectivity index (χ1n) is 10.4. The average Bonchev–Trinajstić information content (AvgIpc) is 3.39. The molecule has 1 aliphatic rings. The Bertz CT molecular complexity index is 1230. The Balaban J connectivity index is 1.69. The third-order valence-electron chi connectivity index (χ3n) is 5.84. The second-order valence-electron chi connectivity index (χ2n) is 7.93. The van der Waals surface area contributed by atoms with Gasteiger partial charge in [0.15, 0.2) is 5.11 Å². The predicted molar refractivity (Wildman–Crippen MR) is 130 cm³/mol. The van der Waals surface area contributed by atoms with Gasteiger partial charge in [0.25, 0.3) is 0 Å². The number of thiocarbonyl (C=S) groups is 1. The third-order valence-corrected chi connectivity index (χ3v) is 6.15. The maximum absolute atomic E-state index is 5.86. The van der Waals surface area contributed by atoms with Crippen molar-refractivity contribution in [3.05, 3.63) is 114 Å². The summed E-state index contributed by atoms with van der Waals surface area (Å²) in [5, 5.41) is 4.26.